The zero-order chi connectivity index (χ0) is 12.5. The molecule has 0 saturated heterocycles. The number of benzene rings is 2. The molecule has 0 heterocycles. The van der Waals surface area contributed by atoms with E-state index in [2.05, 4.69) is 0 Å². The van der Waals surface area contributed by atoms with Crippen molar-refractivity contribution >= 4 is 5.78 Å². The van der Waals surface area contributed by atoms with Crippen molar-refractivity contribution in [3.63, 3.8) is 0 Å². The van der Waals surface area contributed by atoms with E-state index < -0.39 is 0 Å². The van der Waals surface area contributed by atoms with Crippen LogP contribution in [0.15, 0.2) is 54.6 Å². The van der Waals surface area contributed by atoms with Gasteiger partial charge in [0.2, 0.25) is 0 Å². The Morgan fingerprint density at radius 3 is 2.33 bits per heavy atom. The fourth-order valence-electron chi connectivity index (χ4n) is 2.38. The van der Waals surface area contributed by atoms with Gasteiger partial charge in [0, 0.05) is 11.5 Å². The number of Topliss-reactive ketones (excluding diaryl/α,β-unsaturated/α-hetero) is 1. The number of halogens is 1. The quantitative estimate of drug-likeness (QED) is 0.745. The first-order chi connectivity index (χ1) is 8.75. The van der Waals surface area contributed by atoms with E-state index in [4.69, 9.17) is 0 Å². The number of carbonyl (C=O) groups excluding carboxylic acids is 1. The Hall–Kier alpha value is -1.96. The molecule has 1 fully saturated rings. The van der Waals surface area contributed by atoms with Crippen LogP contribution in [0.1, 0.15) is 28.3 Å². The predicted molar refractivity (Wildman–Crippen MR) is 68.0 cm³/mol. The predicted octanol–water partition coefficient (Wildman–Crippen LogP) is 3.81. The van der Waals surface area contributed by atoms with E-state index in [1.165, 1.54) is 12.1 Å². The van der Waals surface area contributed by atoms with Crippen LogP contribution in [0.2, 0.25) is 0 Å². The van der Waals surface area contributed by atoms with Crippen LogP contribution in [0.3, 0.4) is 0 Å². The van der Waals surface area contributed by atoms with Gasteiger partial charge in [0.15, 0.2) is 5.78 Å². The molecular formula is C16H13FO. The van der Waals surface area contributed by atoms with Crippen molar-refractivity contribution in [1.29, 1.82) is 0 Å². The summed E-state index contributed by atoms with van der Waals surface area (Å²) in [5.41, 5.74) is 1.83. The molecule has 1 aliphatic carbocycles. The first kappa shape index (κ1) is 11.1. The molecule has 90 valence electrons. The lowest BCUT2D eigenvalue weighted by Crippen LogP contribution is -2.02. The zero-order valence-corrected chi connectivity index (χ0v) is 9.84. The van der Waals surface area contributed by atoms with Crippen LogP contribution in [0.25, 0.3) is 0 Å². The lowest BCUT2D eigenvalue weighted by Gasteiger charge is -2.01. The average Bonchev–Trinajstić information content (AvgIpc) is 3.20. The number of rotatable bonds is 3. The highest BCUT2D eigenvalue weighted by molar-refractivity contribution is 6.00. The molecule has 0 bridgehead atoms. The van der Waals surface area contributed by atoms with Gasteiger partial charge in [0.1, 0.15) is 5.82 Å². The van der Waals surface area contributed by atoms with Gasteiger partial charge in [0.05, 0.1) is 0 Å². The minimum absolute atomic E-state index is 0.0675. The van der Waals surface area contributed by atoms with Crippen LogP contribution in [0, 0.1) is 11.7 Å². The largest absolute Gasteiger partial charge is 0.294 e. The fraction of sp³-hybridized carbons (Fsp3) is 0.188. The fourth-order valence-corrected chi connectivity index (χ4v) is 2.38. The van der Waals surface area contributed by atoms with Gasteiger partial charge in [-0.2, -0.15) is 0 Å². The topological polar surface area (TPSA) is 17.1 Å². The summed E-state index contributed by atoms with van der Waals surface area (Å²) in [5, 5.41) is 0. The standard InChI is InChI=1S/C16H13FO/c17-13-8-6-11(7-9-13)14-10-15(14)16(18)12-4-2-1-3-5-12/h1-9,14-15H,10H2. The highest BCUT2D eigenvalue weighted by Crippen LogP contribution is 2.49. The van der Waals surface area contributed by atoms with E-state index >= 15 is 0 Å². The molecule has 2 aromatic carbocycles. The van der Waals surface area contributed by atoms with Gasteiger partial charge in [0.25, 0.3) is 0 Å². The lowest BCUT2D eigenvalue weighted by molar-refractivity contribution is 0.0965. The summed E-state index contributed by atoms with van der Waals surface area (Å²) in [4.78, 5) is 12.2. The number of hydrogen-bond acceptors (Lipinski definition) is 1. The molecule has 0 radical (unpaired) electrons. The van der Waals surface area contributed by atoms with Crippen molar-refractivity contribution in [2.75, 3.05) is 0 Å². The van der Waals surface area contributed by atoms with E-state index in [0.29, 0.717) is 0 Å². The van der Waals surface area contributed by atoms with E-state index in [1.807, 2.05) is 30.3 Å². The first-order valence-electron chi connectivity index (χ1n) is 6.10. The summed E-state index contributed by atoms with van der Waals surface area (Å²) in [5.74, 6) is 0.298. The van der Waals surface area contributed by atoms with Gasteiger partial charge in [-0.3, -0.25) is 4.79 Å². The van der Waals surface area contributed by atoms with Crippen LogP contribution in [-0.4, -0.2) is 5.78 Å². The number of hydrogen-bond donors (Lipinski definition) is 0. The van der Waals surface area contributed by atoms with Gasteiger partial charge in [-0.1, -0.05) is 42.5 Å². The summed E-state index contributed by atoms with van der Waals surface area (Å²) >= 11 is 0. The molecule has 0 spiro atoms. The lowest BCUT2D eigenvalue weighted by atomic mass is 10.0. The Kier molecular flexibility index (Phi) is 2.71. The van der Waals surface area contributed by atoms with Gasteiger partial charge in [-0.25, -0.2) is 4.39 Å². The molecule has 18 heavy (non-hydrogen) atoms. The summed E-state index contributed by atoms with van der Waals surface area (Å²) in [6.45, 7) is 0. The Balaban J connectivity index is 1.75. The molecule has 0 aromatic heterocycles. The highest BCUT2D eigenvalue weighted by Gasteiger charge is 2.43. The summed E-state index contributed by atoms with van der Waals surface area (Å²) in [6, 6.07) is 15.8. The van der Waals surface area contributed by atoms with Gasteiger partial charge < -0.3 is 0 Å². The molecule has 2 unspecified atom stereocenters. The molecular weight excluding hydrogens is 227 g/mol. The molecule has 2 aromatic rings. The number of carbonyl (C=O) groups is 1. The highest BCUT2D eigenvalue weighted by atomic mass is 19.1. The maximum atomic E-state index is 12.8. The van der Waals surface area contributed by atoms with Crippen molar-refractivity contribution in [2.24, 2.45) is 5.92 Å². The minimum Gasteiger partial charge on any atom is -0.294 e. The third-order valence-corrected chi connectivity index (χ3v) is 3.48. The molecule has 1 aliphatic rings. The molecule has 1 nitrogen and oxygen atoms in total. The van der Waals surface area contributed by atoms with E-state index in [1.54, 1.807) is 12.1 Å². The summed E-state index contributed by atoms with van der Waals surface area (Å²) < 4.78 is 12.8. The summed E-state index contributed by atoms with van der Waals surface area (Å²) in [6.07, 6.45) is 0.874. The molecule has 2 heteroatoms. The molecule has 0 N–H and O–H groups in total. The van der Waals surface area contributed by atoms with Gasteiger partial charge in [-0.15, -0.1) is 0 Å². The Morgan fingerprint density at radius 1 is 1.00 bits per heavy atom. The molecule has 0 aliphatic heterocycles. The average molecular weight is 240 g/mol. The zero-order valence-electron chi connectivity index (χ0n) is 9.84. The van der Waals surface area contributed by atoms with Crippen LogP contribution < -0.4 is 0 Å². The third-order valence-electron chi connectivity index (χ3n) is 3.48. The second-order valence-electron chi connectivity index (χ2n) is 4.73. The first-order valence-corrected chi connectivity index (χ1v) is 6.10. The molecule has 2 atom stereocenters. The van der Waals surface area contributed by atoms with Crippen LogP contribution in [0.5, 0.6) is 0 Å². The van der Waals surface area contributed by atoms with Crippen LogP contribution in [0.4, 0.5) is 4.39 Å². The van der Waals surface area contributed by atoms with Gasteiger partial charge >= 0.3 is 0 Å². The van der Waals surface area contributed by atoms with E-state index in [-0.39, 0.29) is 23.4 Å². The van der Waals surface area contributed by atoms with Crippen molar-refractivity contribution in [3.05, 3.63) is 71.5 Å². The second-order valence-corrected chi connectivity index (χ2v) is 4.73. The van der Waals surface area contributed by atoms with Gasteiger partial charge in [-0.05, 0) is 30.0 Å². The number of ketones is 1. The maximum Gasteiger partial charge on any atom is 0.166 e. The normalized spacial score (nSPS) is 21.6. The monoisotopic (exact) mass is 240 g/mol. The van der Waals surface area contributed by atoms with Crippen LogP contribution in [-0.2, 0) is 0 Å². The Morgan fingerprint density at radius 2 is 1.67 bits per heavy atom. The van der Waals surface area contributed by atoms with Crippen molar-refractivity contribution in [2.45, 2.75) is 12.3 Å². The van der Waals surface area contributed by atoms with Crippen molar-refractivity contribution in [1.82, 2.24) is 0 Å². The maximum absolute atomic E-state index is 12.8. The molecule has 0 amide bonds. The summed E-state index contributed by atoms with van der Waals surface area (Å²) in [7, 11) is 0. The van der Waals surface area contributed by atoms with Crippen molar-refractivity contribution in [3.8, 4) is 0 Å². The van der Waals surface area contributed by atoms with Crippen molar-refractivity contribution < 1.29 is 9.18 Å². The second kappa shape index (κ2) is 4.37. The molecule has 3 rings (SSSR count). The van der Waals surface area contributed by atoms with E-state index in [0.717, 1.165) is 17.5 Å². The minimum atomic E-state index is -0.231. The van der Waals surface area contributed by atoms with E-state index in [9.17, 15) is 9.18 Å². The molecule has 1 saturated carbocycles. The third kappa shape index (κ3) is 2.06. The SMILES string of the molecule is O=C(c1ccccc1)C1CC1c1ccc(F)cc1. The smallest absolute Gasteiger partial charge is 0.166 e. The Bertz CT molecular complexity index is 559. The Labute approximate surface area is 105 Å². The van der Waals surface area contributed by atoms with Crippen LogP contribution >= 0.6 is 0 Å².